The zero-order chi connectivity index (χ0) is 12.7. The predicted molar refractivity (Wildman–Crippen MR) is 62.7 cm³/mol. The maximum atomic E-state index is 11.5. The van der Waals surface area contributed by atoms with E-state index in [0.717, 1.165) is 0 Å². The number of aromatic nitrogens is 4. The van der Waals surface area contributed by atoms with Crippen molar-refractivity contribution in [1.29, 1.82) is 0 Å². The first-order valence-corrected chi connectivity index (χ1v) is 5.65. The van der Waals surface area contributed by atoms with Crippen LogP contribution < -0.4 is 10.6 Å². The van der Waals surface area contributed by atoms with Gasteiger partial charge in [-0.1, -0.05) is 0 Å². The van der Waals surface area contributed by atoms with Crippen LogP contribution in [-0.4, -0.2) is 55.6 Å². The van der Waals surface area contributed by atoms with Gasteiger partial charge >= 0.3 is 0 Å². The minimum absolute atomic E-state index is 0.0711. The molecule has 2 atom stereocenters. The van der Waals surface area contributed by atoms with Crippen molar-refractivity contribution >= 4 is 11.2 Å². The van der Waals surface area contributed by atoms with Gasteiger partial charge in [0.2, 0.25) is 0 Å². The smallest absolute Gasteiger partial charge is 0.278 e. The molecule has 0 bridgehead atoms. The molecule has 18 heavy (non-hydrogen) atoms. The van der Waals surface area contributed by atoms with Gasteiger partial charge in [-0.3, -0.25) is 4.79 Å². The number of imidazole rings is 1. The second-order valence-electron chi connectivity index (χ2n) is 4.37. The molecule has 0 spiro atoms. The monoisotopic (exact) mass is 251 g/mol. The van der Waals surface area contributed by atoms with Gasteiger partial charge < -0.3 is 20.2 Å². The van der Waals surface area contributed by atoms with Crippen LogP contribution in [-0.2, 0) is 0 Å². The molecule has 3 N–H and O–H groups in total. The summed E-state index contributed by atoms with van der Waals surface area (Å²) < 4.78 is 1.64. The molecular formula is C10H13N5O3. The zero-order valence-corrected chi connectivity index (χ0v) is 9.52. The lowest BCUT2D eigenvalue weighted by atomic mass is 10.1. The number of nitrogens with one attached hydrogen (secondary N) is 1. The maximum Gasteiger partial charge on any atom is 0.278 e. The van der Waals surface area contributed by atoms with Crippen LogP contribution in [0.2, 0.25) is 0 Å². The van der Waals surface area contributed by atoms with Crippen molar-refractivity contribution in [2.24, 2.45) is 5.92 Å². The highest BCUT2D eigenvalue weighted by Gasteiger charge is 2.32. The van der Waals surface area contributed by atoms with E-state index in [1.54, 1.807) is 4.68 Å². The zero-order valence-electron chi connectivity index (χ0n) is 9.52. The molecule has 0 radical (unpaired) electrons. The van der Waals surface area contributed by atoms with Crippen LogP contribution in [0.3, 0.4) is 0 Å². The molecule has 8 nitrogen and oxygen atoms in total. The molecule has 1 fully saturated rings. The highest BCUT2D eigenvalue weighted by atomic mass is 16.3. The SMILES string of the molecule is O=c1[nH]cnc2c1ncn2N1CC(O)[C@@H](CO)C1. The summed E-state index contributed by atoms with van der Waals surface area (Å²) >= 11 is 0. The van der Waals surface area contributed by atoms with Crippen molar-refractivity contribution in [2.75, 3.05) is 24.7 Å². The number of hydrogen-bond donors (Lipinski definition) is 3. The standard InChI is InChI=1S/C10H13N5O3/c16-3-6-1-14(2-7(6)17)15-5-13-8-9(15)11-4-12-10(8)18/h4-7,16-17H,1-3H2,(H,11,12,18)/t6-,7?/m1/s1. The Hall–Kier alpha value is -1.93. The first-order chi connectivity index (χ1) is 8.70. The Morgan fingerprint density at radius 1 is 1.44 bits per heavy atom. The molecule has 2 aromatic heterocycles. The number of H-pyrrole nitrogens is 1. The van der Waals surface area contributed by atoms with Crippen LogP contribution in [0.25, 0.3) is 11.2 Å². The van der Waals surface area contributed by atoms with E-state index >= 15 is 0 Å². The van der Waals surface area contributed by atoms with Crippen LogP contribution in [0.4, 0.5) is 0 Å². The number of β-amino-alcohol motifs (C(OH)–C–C–N with tert-alkyl or cyclic N) is 1. The molecule has 3 heterocycles. The van der Waals surface area contributed by atoms with Crippen molar-refractivity contribution < 1.29 is 10.2 Å². The van der Waals surface area contributed by atoms with E-state index in [-0.39, 0.29) is 23.6 Å². The van der Waals surface area contributed by atoms with Gasteiger partial charge in [0.05, 0.1) is 25.6 Å². The lowest BCUT2D eigenvalue weighted by Crippen LogP contribution is -2.32. The Balaban J connectivity index is 2.01. The van der Waals surface area contributed by atoms with E-state index in [9.17, 15) is 9.90 Å². The van der Waals surface area contributed by atoms with Gasteiger partial charge in [-0.2, -0.15) is 0 Å². The Morgan fingerprint density at radius 3 is 3.00 bits per heavy atom. The largest absolute Gasteiger partial charge is 0.396 e. The van der Waals surface area contributed by atoms with E-state index in [0.29, 0.717) is 18.7 Å². The van der Waals surface area contributed by atoms with Crippen LogP contribution >= 0.6 is 0 Å². The van der Waals surface area contributed by atoms with Crippen LogP contribution in [0.1, 0.15) is 0 Å². The Bertz CT molecular complexity index is 621. The molecule has 8 heteroatoms. The molecule has 0 saturated carbocycles. The number of aliphatic hydroxyl groups is 2. The molecule has 2 aromatic rings. The minimum atomic E-state index is -0.588. The van der Waals surface area contributed by atoms with Gasteiger partial charge in [0, 0.05) is 12.5 Å². The summed E-state index contributed by atoms with van der Waals surface area (Å²) in [6.45, 7) is 0.807. The number of rotatable bonds is 2. The molecule has 96 valence electrons. The molecule has 1 aliphatic heterocycles. The van der Waals surface area contributed by atoms with Crippen molar-refractivity contribution in [3.05, 3.63) is 23.0 Å². The summed E-state index contributed by atoms with van der Waals surface area (Å²) in [7, 11) is 0. The van der Waals surface area contributed by atoms with Crippen molar-refractivity contribution in [2.45, 2.75) is 6.10 Å². The second kappa shape index (κ2) is 4.07. The fraction of sp³-hybridized carbons (Fsp3) is 0.500. The summed E-state index contributed by atoms with van der Waals surface area (Å²) in [6, 6.07) is 0. The van der Waals surface area contributed by atoms with Gasteiger partial charge in [0.1, 0.15) is 6.33 Å². The first kappa shape index (κ1) is 11.2. The van der Waals surface area contributed by atoms with E-state index in [1.165, 1.54) is 12.7 Å². The molecule has 3 rings (SSSR count). The number of aliphatic hydroxyl groups excluding tert-OH is 2. The predicted octanol–water partition coefficient (Wildman–Crippen LogP) is -1.96. The van der Waals surface area contributed by atoms with Crippen LogP contribution in [0.15, 0.2) is 17.4 Å². The molecular weight excluding hydrogens is 238 g/mol. The van der Waals surface area contributed by atoms with Gasteiger partial charge in [0.25, 0.3) is 5.56 Å². The summed E-state index contributed by atoms with van der Waals surface area (Å²) in [5.41, 5.74) is 0.418. The molecule has 1 unspecified atom stereocenters. The van der Waals surface area contributed by atoms with Gasteiger partial charge in [-0.15, -0.1) is 0 Å². The Labute approximate surface area is 101 Å². The summed E-state index contributed by atoms with van der Waals surface area (Å²) in [6.07, 6.45) is 2.23. The molecule has 0 aliphatic carbocycles. The highest BCUT2D eigenvalue weighted by molar-refractivity contribution is 5.69. The Kier molecular flexibility index (Phi) is 2.53. The third-order valence-electron chi connectivity index (χ3n) is 3.25. The van der Waals surface area contributed by atoms with Crippen LogP contribution in [0.5, 0.6) is 0 Å². The van der Waals surface area contributed by atoms with Crippen LogP contribution in [0, 0.1) is 5.92 Å². The fourth-order valence-corrected chi connectivity index (χ4v) is 2.23. The van der Waals surface area contributed by atoms with E-state index in [1.807, 2.05) is 5.01 Å². The first-order valence-electron chi connectivity index (χ1n) is 5.65. The molecule has 1 saturated heterocycles. The highest BCUT2D eigenvalue weighted by Crippen LogP contribution is 2.17. The number of aromatic amines is 1. The fourth-order valence-electron chi connectivity index (χ4n) is 2.23. The molecule has 0 aromatic carbocycles. The van der Waals surface area contributed by atoms with E-state index in [4.69, 9.17) is 5.11 Å². The van der Waals surface area contributed by atoms with Gasteiger partial charge in [-0.05, 0) is 0 Å². The molecule has 1 aliphatic rings. The average Bonchev–Trinajstić information content (AvgIpc) is 2.93. The van der Waals surface area contributed by atoms with E-state index in [2.05, 4.69) is 15.0 Å². The minimum Gasteiger partial charge on any atom is -0.396 e. The average molecular weight is 251 g/mol. The molecule has 0 amide bonds. The van der Waals surface area contributed by atoms with Crippen molar-refractivity contribution in [3.63, 3.8) is 0 Å². The van der Waals surface area contributed by atoms with Gasteiger partial charge in [0.15, 0.2) is 11.2 Å². The maximum absolute atomic E-state index is 11.5. The van der Waals surface area contributed by atoms with Crippen molar-refractivity contribution in [3.8, 4) is 0 Å². The van der Waals surface area contributed by atoms with Gasteiger partial charge in [-0.25, -0.2) is 14.6 Å². The topological polar surface area (TPSA) is 107 Å². The lowest BCUT2D eigenvalue weighted by molar-refractivity contribution is 0.104. The van der Waals surface area contributed by atoms with E-state index < -0.39 is 6.10 Å². The Morgan fingerprint density at radius 2 is 2.28 bits per heavy atom. The number of hydrogen-bond acceptors (Lipinski definition) is 6. The lowest BCUT2D eigenvalue weighted by Gasteiger charge is -2.19. The van der Waals surface area contributed by atoms with Crippen molar-refractivity contribution in [1.82, 2.24) is 19.6 Å². The quantitative estimate of drug-likeness (QED) is 0.572. The normalized spacial score (nSPS) is 24.0. The third-order valence-corrected chi connectivity index (χ3v) is 3.25. The summed E-state index contributed by atoms with van der Waals surface area (Å²) in [5, 5.41) is 20.7. The third kappa shape index (κ3) is 1.57. The number of fused-ring (bicyclic) bond motifs is 1. The summed E-state index contributed by atoms with van der Waals surface area (Å²) in [5.74, 6) is -0.190. The number of nitrogens with zero attached hydrogens (tertiary/aromatic N) is 4. The second-order valence-corrected chi connectivity index (χ2v) is 4.37. The summed E-state index contributed by atoms with van der Waals surface area (Å²) in [4.78, 5) is 22.1.